The third-order valence-electron chi connectivity index (χ3n) is 2.75. The highest BCUT2D eigenvalue weighted by Gasteiger charge is 2.11. The fraction of sp³-hybridized carbons (Fsp3) is 0.167. The fourth-order valence-electron chi connectivity index (χ4n) is 1.71. The molecule has 1 N–H and O–H groups in total. The molecule has 0 aliphatic carbocycles. The number of aromatic nitrogens is 6. The number of tetrazole rings is 1. The van der Waals surface area contributed by atoms with Crippen molar-refractivity contribution in [2.75, 3.05) is 0 Å². The first-order chi connectivity index (χ1) is 11.6. The van der Waals surface area contributed by atoms with Crippen LogP contribution < -0.4 is 5.43 Å². The molecule has 24 heavy (non-hydrogen) atoms. The fourth-order valence-corrected chi connectivity index (χ4v) is 2.60. The van der Waals surface area contributed by atoms with E-state index in [9.17, 15) is 4.79 Å². The van der Waals surface area contributed by atoms with Crippen molar-refractivity contribution in [3.63, 3.8) is 0 Å². The van der Waals surface area contributed by atoms with E-state index in [0.29, 0.717) is 5.82 Å². The molecule has 0 fully saturated rings. The van der Waals surface area contributed by atoms with Crippen molar-refractivity contribution in [2.24, 2.45) is 5.10 Å². The average molecular weight is 385 g/mol. The van der Waals surface area contributed by atoms with Gasteiger partial charge in [-0.25, -0.2) is 10.4 Å². The van der Waals surface area contributed by atoms with Crippen LogP contribution in [0, 0.1) is 0 Å². The Bertz CT molecular complexity index is 856. The molecule has 0 aliphatic rings. The molecule has 0 aliphatic heterocycles. The molecule has 12 heteroatoms. The maximum atomic E-state index is 11.8. The lowest BCUT2D eigenvalue weighted by Crippen LogP contribution is -2.24. The normalized spacial score (nSPS) is 11.2. The Morgan fingerprint density at radius 2 is 2.33 bits per heavy atom. The van der Waals surface area contributed by atoms with Crippen LogP contribution in [-0.2, 0) is 17.9 Å². The second-order valence-electron chi connectivity index (χ2n) is 4.50. The minimum absolute atomic E-state index is 0.104. The summed E-state index contributed by atoms with van der Waals surface area (Å²) in [4.78, 5) is 17.7. The smallest absolute Gasteiger partial charge is 0.263 e. The van der Waals surface area contributed by atoms with Gasteiger partial charge in [0.15, 0.2) is 11.0 Å². The van der Waals surface area contributed by atoms with Gasteiger partial charge < -0.3 is 4.57 Å². The minimum atomic E-state index is -0.365. The topological polar surface area (TPSA) is 103 Å². The zero-order valence-corrected chi connectivity index (χ0v) is 14.3. The van der Waals surface area contributed by atoms with Crippen LogP contribution in [0.3, 0.4) is 0 Å². The van der Waals surface area contributed by atoms with Crippen molar-refractivity contribution in [3.8, 4) is 0 Å². The van der Waals surface area contributed by atoms with Crippen molar-refractivity contribution in [1.82, 2.24) is 35.2 Å². The predicted octanol–water partition coefficient (Wildman–Crippen LogP) is 1.44. The molecule has 3 rings (SSSR count). The molecule has 3 heterocycles. The quantitative estimate of drug-likeness (QED) is 0.511. The molecule has 0 saturated carbocycles. The van der Waals surface area contributed by atoms with Gasteiger partial charge in [-0.3, -0.25) is 4.79 Å². The van der Waals surface area contributed by atoms with Gasteiger partial charge in [-0.2, -0.15) is 9.90 Å². The van der Waals surface area contributed by atoms with Gasteiger partial charge in [0.05, 0.1) is 19.1 Å². The molecule has 0 saturated heterocycles. The van der Waals surface area contributed by atoms with Crippen molar-refractivity contribution in [1.29, 1.82) is 0 Å². The van der Waals surface area contributed by atoms with Crippen LogP contribution in [0.1, 0.15) is 10.7 Å². The van der Waals surface area contributed by atoms with Gasteiger partial charge in [0.1, 0.15) is 11.7 Å². The minimum Gasteiger partial charge on any atom is -0.312 e. The number of hydrogen-bond acceptors (Lipinski definition) is 7. The molecule has 3 aromatic heterocycles. The zero-order valence-electron chi connectivity index (χ0n) is 12.0. The Morgan fingerprint density at radius 3 is 3.04 bits per heavy atom. The Labute approximate surface area is 149 Å². The van der Waals surface area contributed by atoms with Gasteiger partial charge in [-0.1, -0.05) is 29.3 Å². The lowest BCUT2D eigenvalue weighted by Gasteiger charge is -1.99. The molecule has 0 spiro atoms. The summed E-state index contributed by atoms with van der Waals surface area (Å²) in [7, 11) is 0. The predicted molar refractivity (Wildman–Crippen MR) is 89.2 cm³/mol. The standard InChI is InChI=1S/C12H10Cl2N8OS/c13-11-12(14)21(7-15-11)5-9-17-20-22(19-9)6-10(23)18-16-4-8-2-1-3-24-8/h1-4,7H,5-6H2,(H,18,23)/b16-4-. The highest BCUT2D eigenvalue weighted by molar-refractivity contribution is 7.11. The lowest BCUT2D eigenvalue weighted by atomic mass is 10.5. The highest BCUT2D eigenvalue weighted by Crippen LogP contribution is 2.19. The van der Waals surface area contributed by atoms with E-state index >= 15 is 0 Å². The summed E-state index contributed by atoms with van der Waals surface area (Å²) in [6.07, 6.45) is 3.03. The third-order valence-corrected chi connectivity index (χ3v) is 4.32. The number of rotatable bonds is 6. The Morgan fingerprint density at radius 1 is 1.46 bits per heavy atom. The average Bonchev–Trinajstić information content (AvgIpc) is 3.27. The van der Waals surface area contributed by atoms with Crippen molar-refractivity contribution in [3.05, 3.63) is 44.8 Å². The lowest BCUT2D eigenvalue weighted by molar-refractivity contribution is -0.122. The molecular formula is C12H10Cl2N8OS. The number of hydrogen-bond donors (Lipinski definition) is 1. The van der Waals surface area contributed by atoms with Gasteiger partial charge in [-0.05, 0) is 16.7 Å². The van der Waals surface area contributed by atoms with E-state index in [2.05, 4.69) is 30.9 Å². The van der Waals surface area contributed by atoms with E-state index < -0.39 is 0 Å². The highest BCUT2D eigenvalue weighted by atomic mass is 35.5. The van der Waals surface area contributed by atoms with Crippen LogP contribution in [0.5, 0.6) is 0 Å². The van der Waals surface area contributed by atoms with Crippen molar-refractivity contribution < 1.29 is 4.79 Å². The summed E-state index contributed by atoms with van der Waals surface area (Å²) in [5.74, 6) is 0.0105. The summed E-state index contributed by atoms with van der Waals surface area (Å²) in [5, 5.41) is 18.0. The zero-order chi connectivity index (χ0) is 16.9. The maximum Gasteiger partial charge on any atom is 0.263 e. The second kappa shape index (κ2) is 7.51. The molecule has 124 valence electrons. The molecule has 0 unspecified atom stereocenters. The summed E-state index contributed by atoms with van der Waals surface area (Å²) < 4.78 is 1.57. The SMILES string of the molecule is O=C(Cn1nnc(Cn2cnc(Cl)c2Cl)n1)N/N=C\c1cccs1. The maximum absolute atomic E-state index is 11.8. The molecule has 3 aromatic rings. The van der Waals surface area contributed by atoms with E-state index in [4.69, 9.17) is 23.2 Å². The number of hydrazone groups is 1. The first kappa shape index (κ1) is 16.6. The first-order valence-corrected chi connectivity index (χ1v) is 8.23. The Kier molecular flexibility index (Phi) is 5.18. The molecule has 0 atom stereocenters. The Balaban J connectivity index is 1.53. The number of halogens is 2. The number of carbonyl (C=O) groups is 1. The first-order valence-electron chi connectivity index (χ1n) is 6.60. The third kappa shape index (κ3) is 4.16. The van der Waals surface area contributed by atoms with Crippen LogP contribution in [0.25, 0.3) is 0 Å². The molecular weight excluding hydrogens is 375 g/mol. The number of carbonyl (C=O) groups excluding carboxylic acids is 1. The number of amides is 1. The van der Waals surface area contributed by atoms with Crippen LogP contribution in [-0.4, -0.2) is 41.9 Å². The number of nitrogens with one attached hydrogen (secondary N) is 1. The van der Waals surface area contributed by atoms with Crippen LogP contribution in [0.4, 0.5) is 0 Å². The summed E-state index contributed by atoms with van der Waals surface area (Å²) in [5.41, 5.74) is 2.40. The summed E-state index contributed by atoms with van der Waals surface area (Å²) >= 11 is 13.2. The molecule has 0 aromatic carbocycles. The molecule has 0 bridgehead atoms. The van der Waals surface area contributed by atoms with E-state index in [1.165, 1.54) is 17.7 Å². The number of imidazole rings is 1. The molecule has 1 amide bonds. The van der Waals surface area contributed by atoms with E-state index in [1.54, 1.807) is 10.8 Å². The van der Waals surface area contributed by atoms with E-state index in [-0.39, 0.29) is 29.3 Å². The molecule has 9 nitrogen and oxygen atoms in total. The van der Waals surface area contributed by atoms with Gasteiger partial charge in [0, 0.05) is 4.88 Å². The Hall–Kier alpha value is -2.30. The van der Waals surface area contributed by atoms with Crippen LogP contribution in [0.15, 0.2) is 28.9 Å². The second-order valence-corrected chi connectivity index (χ2v) is 6.19. The van der Waals surface area contributed by atoms with E-state index in [1.807, 2.05) is 17.5 Å². The number of nitrogens with zero attached hydrogens (tertiary/aromatic N) is 7. The van der Waals surface area contributed by atoms with Crippen molar-refractivity contribution >= 4 is 46.7 Å². The van der Waals surface area contributed by atoms with E-state index in [0.717, 1.165) is 9.67 Å². The summed E-state index contributed by atoms with van der Waals surface area (Å²) in [6, 6.07) is 3.79. The van der Waals surface area contributed by atoms with Gasteiger partial charge >= 0.3 is 0 Å². The van der Waals surface area contributed by atoms with Crippen LogP contribution in [0.2, 0.25) is 10.3 Å². The summed E-state index contributed by atoms with van der Waals surface area (Å²) in [6.45, 7) is 0.143. The monoisotopic (exact) mass is 384 g/mol. The van der Waals surface area contributed by atoms with Gasteiger partial charge in [-0.15, -0.1) is 21.5 Å². The van der Waals surface area contributed by atoms with Gasteiger partial charge in [0.25, 0.3) is 5.91 Å². The van der Waals surface area contributed by atoms with Crippen molar-refractivity contribution in [2.45, 2.75) is 13.1 Å². The van der Waals surface area contributed by atoms with Crippen LogP contribution >= 0.6 is 34.5 Å². The molecule has 0 radical (unpaired) electrons. The largest absolute Gasteiger partial charge is 0.312 e. The number of thiophene rings is 1. The van der Waals surface area contributed by atoms with Gasteiger partial charge in [0.2, 0.25) is 0 Å².